The minimum atomic E-state index is -3.76. The van der Waals surface area contributed by atoms with Crippen LogP contribution in [0.25, 0.3) is 10.8 Å². The van der Waals surface area contributed by atoms with Gasteiger partial charge in [0, 0.05) is 31.0 Å². The standard InChI is InChI=1S/C29H31N5O3S/c1-3-21(2)28(18-32-38(36,37)27-13-12-24-6-4-5-7-25(24)14-27)33-29(35)15-26-17-31-20-34(26)19-23-10-8-22(16-30)9-11-23/h4-14,17,20-21,28,32H,3,15,18-19H2,1-2H3,(H,33,35)/t21-,28+/m0/s1. The normalized spacial score (nSPS) is 13.1. The highest BCUT2D eigenvalue weighted by molar-refractivity contribution is 7.89. The van der Waals surface area contributed by atoms with Crippen LogP contribution in [0, 0.1) is 17.2 Å². The first-order chi connectivity index (χ1) is 18.3. The molecule has 9 heteroatoms. The number of nitrogens with one attached hydrogen (secondary N) is 2. The molecule has 0 fully saturated rings. The smallest absolute Gasteiger partial charge is 0.240 e. The zero-order chi connectivity index (χ0) is 27.1. The number of nitriles is 1. The fourth-order valence-electron chi connectivity index (χ4n) is 4.24. The molecule has 3 aromatic carbocycles. The quantitative estimate of drug-likeness (QED) is 0.305. The number of amides is 1. The van der Waals surface area contributed by atoms with Crippen LogP contribution in [0.3, 0.4) is 0 Å². The van der Waals surface area contributed by atoms with Crippen molar-refractivity contribution in [1.82, 2.24) is 19.6 Å². The number of rotatable bonds is 11. The van der Waals surface area contributed by atoms with Gasteiger partial charge < -0.3 is 9.88 Å². The Morgan fingerprint density at radius 3 is 2.53 bits per heavy atom. The lowest BCUT2D eigenvalue weighted by Gasteiger charge is -2.25. The fraction of sp³-hybridized carbons (Fsp3) is 0.276. The van der Waals surface area contributed by atoms with Crippen LogP contribution in [0.2, 0.25) is 0 Å². The molecule has 0 radical (unpaired) electrons. The predicted molar refractivity (Wildman–Crippen MR) is 147 cm³/mol. The van der Waals surface area contributed by atoms with Crippen molar-refractivity contribution in [3.05, 3.63) is 96.1 Å². The van der Waals surface area contributed by atoms with Gasteiger partial charge in [-0.1, -0.05) is 62.7 Å². The van der Waals surface area contributed by atoms with Crippen LogP contribution in [-0.2, 0) is 27.8 Å². The summed E-state index contributed by atoms with van der Waals surface area (Å²) in [5.41, 5.74) is 2.32. The molecular formula is C29H31N5O3S. The summed E-state index contributed by atoms with van der Waals surface area (Å²) in [7, 11) is -3.76. The van der Waals surface area contributed by atoms with Gasteiger partial charge in [-0.3, -0.25) is 4.79 Å². The molecule has 0 aliphatic rings. The number of carbonyl (C=O) groups excluding carboxylic acids is 1. The average molecular weight is 530 g/mol. The lowest BCUT2D eigenvalue weighted by Crippen LogP contribution is -2.47. The third kappa shape index (κ3) is 6.65. The van der Waals surface area contributed by atoms with Crippen LogP contribution in [0.1, 0.15) is 37.1 Å². The Hall–Kier alpha value is -4.00. The Labute approximate surface area is 223 Å². The number of hydrogen-bond donors (Lipinski definition) is 2. The van der Waals surface area contributed by atoms with Gasteiger partial charge in [-0.2, -0.15) is 5.26 Å². The number of carbonyl (C=O) groups is 1. The summed E-state index contributed by atoms with van der Waals surface area (Å²) in [5.74, 6) is -0.149. The third-order valence-corrected chi connectivity index (χ3v) is 8.20. The minimum absolute atomic E-state index is 0.0572. The van der Waals surface area contributed by atoms with E-state index in [4.69, 9.17) is 5.26 Å². The Morgan fingerprint density at radius 1 is 1.08 bits per heavy atom. The summed E-state index contributed by atoms with van der Waals surface area (Å²) in [6, 6.07) is 21.6. The monoisotopic (exact) mass is 529 g/mol. The number of aromatic nitrogens is 2. The van der Waals surface area contributed by atoms with E-state index >= 15 is 0 Å². The molecule has 0 bridgehead atoms. The molecule has 0 saturated heterocycles. The second-order valence-corrected chi connectivity index (χ2v) is 11.2. The second-order valence-electron chi connectivity index (χ2n) is 9.42. The zero-order valence-electron chi connectivity index (χ0n) is 21.5. The van der Waals surface area contributed by atoms with Gasteiger partial charge in [-0.25, -0.2) is 18.1 Å². The van der Waals surface area contributed by atoms with Gasteiger partial charge in [0.15, 0.2) is 0 Å². The highest BCUT2D eigenvalue weighted by atomic mass is 32.2. The molecule has 0 aliphatic carbocycles. The van der Waals surface area contributed by atoms with E-state index in [1.54, 1.807) is 42.9 Å². The van der Waals surface area contributed by atoms with E-state index in [0.717, 1.165) is 28.5 Å². The summed E-state index contributed by atoms with van der Waals surface area (Å²) in [5, 5.41) is 13.8. The first-order valence-electron chi connectivity index (χ1n) is 12.5. The maximum atomic E-state index is 13.0. The Balaban J connectivity index is 1.40. The molecule has 0 unspecified atom stereocenters. The Morgan fingerprint density at radius 2 is 1.82 bits per heavy atom. The van der Waals surface area contributed by atoms with E-state index in [9.17, 15) is 13.2 Å². The predicted octanol–water partition coefficient (Wildman–Crippen LogP) is 4.01. The number of fused-ring (bicyclic) bond motifs is 1. The Kier molecular flexibility index (Phi) is 8.56. The van der Waals surface area contributed by atoms with Gasteiger partial charge in [-0.05, 0) is 46.5 Å². The number of sulfonamides is 1. The van der Waals surface area contributed by atoms with Crippen molar-refractivity contribution in [2.24, 2.45) is 5.92 Å². The van der Waals surface area contributed by atoms with Crippen molar-refractivity contribution < 1.29 is 13.2 Å². The van der Waals surface area contributed by atoms with Crippen LogP contribution in [0.5, 0.6) is 0 Å². The van der Waals surface area contributed by atoms with E-state index in [1.165, 1.54) is 0 Å². The van der Waals surface area contributed by atoms with E-state index in [1.807, 2.05) is 54.8 Å². The molecule has 1 heterocycles. The van der Waals surface area contributed by atoms with E-state index in [-0.39, 0.29) is 35.7 Å². The molecule has 38 heavy (non-hydrogen) atoms. The molecule has 0 spiro atoms. The third-order valence-electron chi connectivity index (χ3n) is 6.78. The van der Waals surface area contributed by atoms with Crippen molar-refractivity contribution >= 4 is 26.7 Å². The van der Waals surface area contributed by atoms with Crippen molar-refractivity contribution in [2.75, 3.05) is 6.54 Å². The van der Waals surface area contributed by atoms with E-state index in [0.29, 0.717) is 12.1 Å². The molecule has 4 aromatic rings. The van der Waals surface area contributed by atoms with Gasteiger partial charge in [0.1, 0.15) is 0 Å². The number of imidazole rings is 1. The molecule has 4 rings (SSSR count). The number of nitrogens with zero attached hydrogens (tertiary/aromatic N) is 3. The number of hydrogen-bond acceptors (Lipinski definition) is 5. The minimum Gasteiger partial charge on any atom is -0.351 e. The number of benzene rings is 3. The molecule has 2 atom stereocenters. The fourth-order valence-corrected chi connectivity index (χ4v) is 5.33. The summed E-state index contributed by atoms with van der Waals surface area (Å²) >= 11 is 0. The highest BCUT2D eigenvalue weighted by Crippen LogP contribution is 2.19. The van der Waals surface area contributed by atoms with Crippen LogP contribution in [-0.4, -0.2) is 36.5 Å². The molecule has 196 valence electrons. The van der Waals surface area contributed by atoms with E-state index < -0.39 is 10.0 Å². The second kappa shape index (κ2) is 12.0. The maximum Gasteiger partial charge on any atom is 0.240 e. The lowest BCUT2D eigenvalue weighted by molar-refractivity contribution is -0.121. The van der Waals surface area contributed by atoms with Gasteiger partial charge in [0.05, 0.1) is 29.3 Å². The van der Waals surface area contributed by atoms with Gasteiger partial charge in [0.25, 0.3) is 0 Å². The van der Waals surface area contributed by atoms with Gasteiger partial charge in [-0.15, -0.1) is 0 Å². The van der Waals surface area contributed by atoms with E-state index in [2.05, 4.69) is 21.1 Å². The van der Waals surface area contributed by atoms with Crippen LogP contribution < -0.4 is 10.0 Å². The molecule has 0 saturated carbocycles. The van der Waals surface area contributed by atoms with Crippen molar-refractivity contribution in [1.29, 1.82) is 5.26 Å². The summed E-state index contributed by atoms with van der Waals surface area (Å²) < 4.78 is 30.7. The molecule has 1 amide bonds. The SMILES string of the molecule is CC[C@H](C)[C@@H](CNS(=O)(=O)c1ccc2ccccc2c1)NC(=O)Cc1cncn1Cc1ccc(C#N)cc1. The summed E-state index contributed by atoms with van der Waals surface area (Å²) in [4.78, 5) is 17.4. The van der Waals surface area contributed by atoms with Crippen molar-refractivity contribution in [3.63, 3.8) is 0 Å². The first kappa shape index (κ1) is 27.0. The van der Waals surface area contributed by atoms with Gasteiger partial charge >= 0.3 is 0 Å². The average Bonchev–Trinajstić information content (AvgIpc) is 3.36. The first-order valence-corrected chi connectivity index (χ1v) is 14.0. The maximum absolute atomic E-state index is 13.0. The molecule has 0 aliphatic heterocycles. The molecule has 2 N–H and O–H groups in total. The topological polar surface area (TPSA) is 117 Å². The molecule has 1 aromatic heterocycles. The zero-order valence-corrected chi connectivity index (χ0v) is 22.3. The lowest BCUT2D eigenvalue weighted by atomic mass is 9.99. The van der Waals surface area contributed by atoms with Crippen molar-refractivity contribution in [3.8, 4) is 6.07 Å². The van der Waals surface area contributed by atoms with Gasteiger partial charge in [0.2, 0.25) is 15.9 Å². The Bertz CT molecular complexity index is 1560. The highest BCUT2D eigenvalue weighted by Gasteiger charge is 2.23. The van der Waals surface area contributed by atoms with Crippen LogP contribution >= 0.6 is 0 Å². The van der Waals surface area contributed by atoms with Crippen LogP contribution in [0.4, 0.5) is 0 Å². The van der Waals surface area contributed by atoms with Crippen LogP contribution in [0.15, 0.2) is 84.1 Å². The molecular weight excluding hydrogens is 498 g/mol. The van der Waals surface area contributed by atoms with Crippen molar-refractivity contribution in [2.45, 2.75) is 44.2 Å². The molecule has 8 nitrogen and oxygen atoms in total. The summed E-state index contributed by atoms with van der Waals surface area (Å²) in [6.45, 7) is 4.60. The summed E-state index contributed by atoms with van der Waals surface area (Å²) in [6.07, 6.45) is 4.22. The largest absolute Gasteiger partial charge is 0.351 e.